The third kappa shape index (κ3) is 2.88. The van der Waals surface area contributed by atoms with E-state index in [0.717, 1.165) is 10.2 Å². The highest BCUT2D eigenvalue weighted by Gasteiger charge is 2.32. The Morgan fingerprint density at radius 1 is 1.33 bits per heavy atom. The van der Waals surface area contributed by atoms with E-state index in [0.29, 0.717) is 23.5 Å². The second kappa shape index (κ2) is 5.07. The predicted octanol–water partition coefficient (Wildman–Crippen LogP) is 4.20. The van der Waals surface area contributed by atoms with E-state index in [9.17, 15) is 9.90 Å². The van der Waals surface area contributed by atoms with Crippen LogP contribution < -0.4 is 0 Å². The average Bonchev–Trinajstić information content (AvgIpc) is 2.78. The number of carbonyl (C=O) groups is 1. The fourth-order valence-corrected chi connectivity index (χ4v) is 3.29. The lowest BCUT2D eigenvalue weighted by atomic mass is 9.77. The molecular formula is C16H16N2O2S. The third-order valence-corrected chi connectivity index (χ3v) is 4.43. The molecule has 4 nitrogen and oxygen atoms in total. The van der Waals surface area contributed by atoms with Gasteiger partial charge in [-0.1, -0.05) is 37.3 Å². The predicted molar refractivity (Wildman–Crippen MR) is 85.4 cm³/mol. The van der Waals surface area contributed by atoms with Gasteiger partial charge in [-0.15, -0.1) is 0 Å². The molecule has 0 bridgehead atoms. The summed E-state index contributed by atoms with van der Waals surface area (Å²) in [7, 11) is 0. The summed E-state index contributed by atoms with van der Waals surface area (Å²) in [6, 6.07) is 7.79. The number of nitrogens with zero attached hydrogens (tertiary/aromatic N) is 2. The minimum atomic E-state index is -0.186. The van der Waals surface area contributed by atoms with Crippen molar-refractivity contribution in [2.75, 3.05) is 0 Å². The lowest BCUT2D eigenvalue weighted by molar-refractivity contribution is -0.117. The first-order valence-corrected chi connectivity index (χ1v) is 7.61. The van der Waals surface area contributed by atoms with E-state index < -0.39 is 0 Å². The van der Waals surface area contributed by atoms with Crippen LogP contribution in [0, 0.1) is 5.41 Å². The van der Waals surface area contributed by atoms with E-state index in [-0.39, 0.29) is 17.0 Å². The summed E-state index contributed by atoms with van der Waals surface area (Å²) in [5.41, 5.74) is 1.02. The maximum Gasteiger partial charge on any atom is 0.210 e. The number of aromatic nitrogens is 1. The van der Waals surface area contributed by atoms with Gasteiger partial charge in [0, 0.05) is 19.1 Å². The monoisotopic (exact) mass is 300 g/mol. The zero-order valence-electron chi connectivity index (χ0n) is 12.0. The van der Waals surface area contributed by atoms with Crippen molar-refractivity contribution in [2.45, 2.75) is 26.7 Å². The molecule has 0 fully saturated rings. The Labute approximate surface area is 126 Å². The van der Waals surface area contributed by atoms with E-state index in [1.54, 1.807) is 0 Å². The molecule has 2 aromatic rings. The van der Waals surface area contributed by atoms with Gasteiger partial charge in [0.15, 0.2) is 5.78 Å². The van der Waals surface area contributed by atoms with Crippen molar-refractivity contribution in [1.29, 1.82) is 0 Å². The number of ketones is 1. The summed E-state index contributed by atoms with van der Waals surface area (Å²) in [6.45, 7) is 3.95. The molecular weight excluding hydrogens is 284 g/mol. The summed E-state index contributed by atoms with van der Waals surface area (Å²) in [4.78, 5) is 20.7. The normalized spacial score (nSPS) is 18.9. The van der Waals surface area contributed by atoms with Gasteiger partial charge in [0.25, 0.3) is 0 Å². The Bertz CT molecular complexity index is 738. The number of benzene rings is 1. The highest BCUT2D eigenvalue weighted by atomic mass is 32.1. The number of fused-ring (bicyclic) bond motifs is 1. The first kappa shape index (κ1) is 13.9. The number of aliphatic hydroxyl groups excluding tert-OH is 1. The fourth-order valence-electron chi connectivity index (χ4n) is 2.48. The van der Waals surface area contributed by atoms with Crippen LogP contribution in [0.15, 0.2) is 40.6 Å². The van der Waals surface area contributed by atoms with Gasteiger partial charge in [-0.05, 0) is 17.5 Å². The molecule has 108 valence electrons. The maximum atomic E-state index is 12.1. The Morgan fingerprint density at radius 3 is 2.81 bits per heavy atom. The van der Waals surface area contributed by atoms with Gasteiger partial charge in [-0.2, -0.15) is 0 Å². The Hall–Kier alpha value is -2.01. The number of carbonyl (C=O) groups excluding carboxylic acids is 1. The number of aliphatic imine (C=N–C) groups is 1. The second-order valence-corrected chi connectivity index (χ2v) is 7.03. The number of Topliss-reactive ketones (excluding diaryl/α,β-unsaturated/α-hetero) is 1. The second-order valence-electron chi connectivity index (χ2n) is 6.02. The van der Waals surface area contributed by atoms with Gasteiger partial charge in [0.2, 0.25) is 5.13 Å². The summed E-state index contributed by atoms with van der Waals surface area (Å²) in [5.74, 6) is 0.0646. The van der Waals surface area contributed by atoms with Crippen LogP contribution in [0.2, 0.25) is 0 Å². The zero-order valence-corrected chi connectivity index (χ0v) is 12.8. The third-order valence-electron chi connectivity index (χ3n) is 3.48. The summed E-state index contributed by atoms with van der Waals surface area (Å²) < 4.78 is 1.05. The first-order valence-electron chi connectivity index (χ1n) is 6.80. The summed E-state index contributed by atoms with van der Waals surface area (Å²) in [6.07, 6.45) is 2.38. The van der Waals surface area contributed by atoms with E-state index in [1.807, 2.05) is 38.1 Å². The van der Waals surface area contributed by atoms with Gasteiger partial charge in [0.1, 0.15) is 5.76 Å². The largest absolute Gasteiger partial charge is 0.511 e. The molecule has 1 aliphatic rings. The molecule has 0 atom stereocenters. The van der Waals surface area contributed by atoms with Crippen LogP contribution in [0.1, 0.15) is 26.7 Å². The molecule has 0 unspecified atom stereocenters. The lowest BCUT2D eigenvalue weighted by Crippen LogP contribution is -2.26. The van der Waals surface area contributed by atoms with Crippen LogP contribution in [0.5, 0.6) is 0 Å². The molecule has 0 saturated carbocycles. The molecule has 21 heavy (non-hydrogen) atoms. The van der Waals surface area contributed by atoms with Gasteiger partial charge in [-0.25, -0.2) is 9.98 Å². The Morgan fingerprint density at radius 2 is 2.10 bits per heavy atom. The van der Waals surface area contributed by atoms with Crippen LogP contribution in [0.25, 0.3) is 10.2 Å². The number of hydrogen-bond acceptors (Lipinski definition) is 5. The lowest BCUT2D eigenvalue weighted by Gasteiger charge is -2.28. The van der Waals surface area contributed by atoms with Gasteiger partial charge < -0.3 is 5.11 Å². The molecule has 1 N–H and O–H groups in total. The molecule has 0 radical (unpaired) electrons. The summed E-state index contributed by atoms with van der Waals surface area (Å²) in [5, 5.41) is 10.6. The van der Waals surface area contributed by atoms with E-state index >= 15 is 0 Å². The molecule has 5 heteroatoms. The molecule has 0 saturated heterocycles. The highest BCUT2D eigenvalue weighted by Crippen LogP contribution is 2.35. The topological polar surface area (TPSA) is 62.5 Å². The quantitative estimate of drug-likeness (QED) is 0.845. The number of para-hydroxylation sites is 1. The van der Waals surface area contributed by atoms with Crippen molar-refractivity contribution < 1.29 is 9.90 Å². The Balaban J connectivity index is 1.90. The molecule has 1 aromatic heterocycles. The molecule has 0 aliphatic heterocycles. The maximum absolute atomic E-state index is 12.1. The van der Waals surface area contributed by atoms with E-state index in [4.69, 9.17) is 0 Å². The van der Waals surface area contributed by atoms with Crippen molar-refractivity contribution in [1.82, 2.24) is 4.98 Å². The van der Waals surface area contributed by atoms with Crippen molar-refractivity contribution in [3.63, 3.8) is 0 Å². The number of thiazole rings is 1. The highest BCUT2D eigenvalue weighted by molar-refractivity contribution is 7.22. The minimum Gasteiger partial charge on any atom is -0.511 e. The number of rotatable bonds is 2. The van der Waals surface area contributed by atoms with Crippen LogP contribution in [0.4, 0.5) is 5.13 Å². The zero-order chi connectivity index (χ0) is 15.0. The molecule has 0 spiro atoms. The number of aliphatic hydroxyl groups is 1. The molecule has 3 rings (SSSR count). The Kier molecular flexibility index (Phi) is 3.37. The van der Waals surface area contributed by atoms with Crippen LogP contribution >= 0.6 is 11.3 Å². The molecule has 0 amide bonds. The van der Waals surface area contributed by atoms with Crippen molar-refractivity contribution in [3.05, 3.63) is 35.6 Å². The smallest absolute Gasteiger partial charge is 0.210 e. The van der Waals surface area contributed by atoms with Gasteiger partial charge >= 0.3 is 0 Å². The molecule has 1 heterocycles. The van der Waals surface area contributed by atoms with Crippen LogP contribution in [0.3, 0.4) is 0 Å². The van der Waals surface area contributed by atoms with E-state index in [2.05, 4.69) is 9.98 Å². The van der Waals surface area contributed by atoms with Crippen molar-refractivity contribution >= 4 is 38.7 Å². The van der Waals surface area contributed by atoms with Crippen molar-refractivity contribution in [3.8, 4) is 0 Å². The SMILES string of the molecule is CC1(C)CC(=O)C(/C=N/c2nc3ccccc3s2)=C(O)C1. The molecule has 1 aromatic carbocycles. The average molecular weight is 300 g/mol. The van der Waals surface area contributed by atoms with Crippen LogP contribution in [-0.2, 0) is 4.79 Å². The minimum absolute atomic E-state index is 0.0615. The van der Waals surface area contributed by atoms with Crippen molar-refractivity contribution in [2.24, 2.45) is 10.4 Å². The van der Waals surface area contributed by atoms with E-state index in [1.165, 1.54) is 17.6 Å². The van der Waals surface area contributed by atoms with Crippen LogP contribution in [-0.4, -0.2) is 22.1 Å². The first-order chi connectivity index (χ1) is 9.94. The molecule has 1 aliphatic carbocycles. The van der Waals surface area contributed by atoms with Gasteiger partial charge in [-0.3, -0.25) is 4.79 Å². The summed E-state index contributed by atoms with van der Waals surface area (Å²) >= 11 is 1.46. The number of hydrogen-bond donors (Lipinski definition) is 1. The standard InChI is InChI=1S/C16H16N2O2S/c1-16(2)7-12(19)10(13(20)8-16)9-17-15-18-11-5-3-4-6-14(11)21-15/h3-6,9,19H,7-8H2,1-2H3/b17-9+. The van der Waals surface area contributed by atoms with Gasteiger partial charge in [0.05, 0.1) is 15.8 Å². The fraction of sp³-hybridized carbons (Fsp3) is 0.312. The number of allylic oxidation sites excluding steroid dienone is 2.